The molecule has 90 valence electrons. The lowest BCUT2D eigenvalue weighted by molar-refractivity contribution is 0.982. The summed E-state index contributed by atoms with van der Waals surface area (Å²) in [5.74, 6) is 0.697. The van der Waals surface area contributed by atoms with Crippen molar-refractivity contribution in [3.05, 3.63) is 41.6 Å². The van der Waals surface area contributed by atoms with Crippen molar-refractivity contribution in [2.75, 3.05) is 5.32 Å². The Morgan fingerprint density at radius 1 is 1.22 bits per heavy atom. The van der Waals surface area contributed by atoms with Gasteiger partial charge in [0.15, 0.2) is 0 Å². The van der Waals surface area contributed by atoms with Crippen molar-refractivity contribution in [1.29, 1.82) is 0 Å². The second-order valence-corrected chi connectivity index (χ2v) is 4.02. The average Bonchev–Trinajstić information content (AvgIpc) is 2.85. The van der Waals surface area contributed by atoms with E-state index in [-0.39, 0.29) is 5.28 Å². The summed E-state index contributed by atoms with van der Waals surface area (Å²) in [5, 5.41) is 11.9. The van der Waals surface area contributed by atoms with Crippen LogP contribution < -0.4 is 5.32 Å². The molecule has 0 spiro atoms. The number of nitrogens with zero attached hydrogens (tertiary/aromatic N) is 4. The third-order valence-corrected chi connectivity index (χ3v) is 2.66. The van der Waals surface area contributed by atoms with E-state index in [0.717, 1.165) is 10.9 Å². The first-order valence-corrected chi connectivity index (χ1v) is 5.71. The average molecular weight is 261 g/mol. The highest BCUT2D eigenvalue weighted by molar-refractivity contribution is 6.28. The fourth-order valence-corrected chi connectivity index (χ4v) is 1.83. The van der Waals surface area contributed by atoms with Crippen molar-refractivity contribution >= 4 is 28.5 Å². The van der Waals surface area contributed by atoms with Crippen LogP contribution in [-0.4, -0.2) is 25.1 Å². The second-order valence-electron chi connectivity index (χ2n) is 3.69. The Balaban J connectivity index is 1.88. The predicted octanol–water partition coefficient (Wildman–Crippen LogP) is 2.01. The Kier molecular flexibility index (Phi) is 2.77. The van der Waals surface area contributed by atoms with Gasteiger partial charge in [-0.3, -0.25) is 0 Å². The molecule has 0 aromatic carbocycles. The molecule has 3 aromatic rings. The number of hydrogen-bond donors (Lipinski definition) is 2. The lowest BCUT2D eigenvalue weighted by Gasteiger charge is -2.06. The van der Waals surface area contributed by atoms with Gasteiger partial charge in [-0.05, 0) is 29.3 Å². The maximum Gasteiger partial charge on any atom is 0.226 e. The molecule has 0 bridgehead atoms. The number of H-pyrrole nitrogens is 1. The number of aromatic amines is 1. The molecule has 0 aliphatic carbocycles. The summed E-state index contributed by atoms with van der Waals surface area (Å²) in [6.45, 7) is 0.600. The van der Waals surface area contributed by atoms with Gasteiger partial charge >= 0.3 is 0 Å². The summed E-state index contributed by atoms with van der Waals surface area (Å²) in [6.07, 6.45) is 5.15. The monoisotopic (exact) mass is 260 g/mol. The van der Waals surface area contributed by atoms with Gasteiger partial charge in [0.25, 0.3) is 0 Å². The molecule has 3 aromatic heterocycles. The quantitative estimate of drug-likeness (QED) is 0.704. The first-order chi connectivity index (χ1) is 8.83. The van der Waals surface area contributed by atoms with Crippen LogP contribution in [0.15, 0.2) is 30.7 Å². The Labute approximate surface area is 107 Å². The van der Waals surface area contributed by atoms with Crippen LogP contribution in [0.1, 0.15) is 5.56 Å². The van der Waals surface area contributed by atoms with Crippen LogP contribution in [0.2, 0.25) is 5.28 Å². The Morgan fingerprint density at radius 3 is 3.00 bits per heavy atom. The van der Waals surface area contributed by atoms with E-state index >= 15 is 0 Å². The minimum absolute atomic E-state index is 0.209. The number of aromatic nitrogens is 5. The zero-order valence-electron chi connectivity index (χ0n) is 9.26. The Hall–Kier alpha value is -2.21. The molecule has 0 atom stereocenters. The van der Waals surface area contributed by atoms with E-state index < -0.39 is 0 Å². The minimum atomic E-state index is 0.209. The van der Waals surface area contributed by atoms with E-state index in [0.29, 0.717) is 18.0 Å². The fourth-order valence-electron chi connectivity index (χ4n) is 1.66. The summed E-state index contributed by atoms with van der Waals surface area (Å²) < 4.78 is 0. The molecule has 7 heteroatoms. The molecular formula is C11H9ClN6. The molecule has 6 nitrogen and oxygen atoms in total. The van der Waals surface area contributed by atoms with Crippen molar-refractivity contribution in [3.63, 3.8) is 0 Å². The number of hydrogen-bond acceptors (Lipinski definition) is 5. The molecule has 3 heterocycles. The molecule has 3 rings (SSSR count). The largest absolute Gasteiger partial charge is 0.365 e. The van der Waals surface area contributed by atoms with Crippen LogP contribution in [0.3, 0.4) is 0 Å². The highest BCUT2D eigenvalue weighted by Crippen LogP contribution is 2.21. The van der Waals surface area contributed by atoms with Crippen LogP contribution in [0.25, 0.3) is 11.0 Å². The number of rotatable bonds is 3. The number of nitrogens with one attached hydrogen (secondary N) is 2. The summed E-state index contributed by atoms with van der Waals surface area (Å²) in [4.78, 5) is 11.3. The third-order valence-electron chi connectivity index (χ3n) is 2.49. The topological polar surface area (TPSA) is 79.4 Å². The first-order valence-electron chi connectivity index (χ1n) is 5.33. The molecule has 2 N–H and O–H groups in total. The third kappa shape index (κ3) is 2.10. The fraction of sp³-hybridized carbons (Fsp3) is 0.0909. The maximum absolute atomic E-state index is 5.86. The van der Waals surface area contributed by atoms with Gasteiger partial charge in [-0.1, -0.05) is 0 Å². The molecule has 0 saturated heterocycles. The summed E-state index contributed by atoms with van der Waals surface area (Å²) >= 11 is 5.86. The highest BCUT2D eigenvalue weighted by Gasteiger charge is 2.07. The number of fused-ring (bicyclic) bond motifs is 1. The van der Waals surface area contributed by atoms with Crippen molar-refractivity contribution in [2.45, 2.75) is 6.54 Å². The maximum atomic E-state index is 5.86. The van der Waals surface area contributed by atoms with Crippen molar-refractivity contribution in [2.24, 2.45) is 0 Å². The molecule has 0 amide bonds. The SMILES string of the molecule is Clc1nc(NCc2ccnnc2)c2cc[nH]c2n1. The Bertz CT molecular complexity index is 666. The van der Waals surface area contributed by atoms with Crippen LogP contribution in [0.4, 0.5) is 5.82 Å². The predicted molar refractivity (Wildman–Crippen MR) is 68.3 cm³/mol. The van der Waals surface area contributed by atoms with Gasteiger partial charge in [-0.15, -0.1) is 0 Å². The van der Waals surface area contributed by atoms with Gasteiger partial charge in [0.05, 0.1) is 11.6 Å². The van der Waals surface area contributed by atoms with E-state index in [1.807, 2.05) is 12.1 Å². The van der Waals surface area contributed by atoms with Crippen molar-refractivity contribution < 1.29 is 0 Å². The van der Waals surface area contributed by atoms with E-state index in [9.17, 15) is 0 Å². The molecule has 0 aliphatic heterocycles. The minimum Gasteiger partial charge on any atom is -0.365 e. The first kappa shape index (κ1) is 10.9. The van der Waals surface area contributed by atoms with Crippen LogP contribution in [0.5, 0.6) is 0 Å². The van der Waals surface area contributed by atoms with Gasteiger partial charge in [-0.25, -0.2) is 4.98 Å². The van der Waals surface area contributed by atoms with E-state index in [4.69, 9.17) is 11.6 Å². The number of halogens is 1. The van der Waals surface area contributed by atoms with Gasteiger partial charge < -0.3 is 10.3 Å². The van der Waals surface area contributed by atoms with Crippen LogP contribution in [0, 0.1) is 0 Å². The van der Waals surface area contributed by atoms with E-state index in [2.05, 4.69) is 30.5 Å². The number of anilines is 1. The van der Waals surface area contributed by atoms with E-state index in [1.54, 1.807) is 18.6 Å². The van der Waals surface area contributed by atoms with Crippen LogP contribution >= 0.6 is 11.6 Å². The van der Waals surface area contributed by atoms with Gasteiger partial charge in [0.2, 0.25) is 5.28 Å². The summed E-state index contributed by atoms with van der Waals surface area (Å²) in [5.41, 5.74) is 1.73. The molecule has 0 radical (unpaired) electrons. The summed E-state index contributed by atoms with van der Waals surface area (Å²) in [7, 11) is 0. The zero-order valence-corrected chi connectivity index (χ0v) is 10.0. The van der Waals surface area contributed by atoms with Gasteiger partial charge in [-0.2, -0.15) is 15.2 Å². The lowest BCUT2D eigenvalue weighted by atomic mass is 10.3. The normalized spacial score (nSPS) is 10.7. The highest BCUT2D eigenvalue weighted by atomic mass is 35.5. The zero-order chi connectivity index (χ0) is 12.4. The Morgan fingerprint density at radius 2 is 2.17 bits per heavy atom. The lowest BCUT2D eigenvalue weighted by Crippen LogP contribution is -2.03. The smallest absolute Gasteiger partial charge is 0.226 e. The summed E-state index contributed by atoms with van der Waals surface area (Å²) in [6, 6.07) is 3.79. The molecule has 0 saturated carbocycles. The van der Waals surface area contributed by atoms with E-state index in [1.165, 1.54) is 0 Å². The standard InChI is InChI=1S/C11H9ClN6/c12-11-17-9-8(2-3-13-9)10(18-11)14-5-7-1-4-15-16-6-7/h1-4,6H,5H2,(H2,13,14,17,18). The molecule has 18 heavy (non-hydrogen) atoms. The molecule has 0 fully saturated rings. The second kappa shape index (κ2) is 4.58. The molecule has 0 unspecified atom stereocenters. The van der Waals surface area contributed by atoms with Crippen LogP contribution in [-0.2, 0) is 6.54 Å². The van der Waals surface area contributed by atoms with Crippen molar-refractivity contribution in [1.82, 2.24) is 25.1 Å². The van der Waals surface area contributed by atoms with Crippen molar-refractivity contribution in [3.8, 4) is 0 Å². The van der Waals surface area contributed by atoms with Gasteiger partial charge in [0, 0.05) is 18.9 Å². The van der Waals surface area contributed by atoms with Gasteiger partial charge in [0.1, 0.15) is 11.5 Å². The molecule has 0 aliphatic rings. The molecular weight excluding hydrogens is 252 g/mol.